The summed E-state index contributed by atoms with van der Waals surface area (Å²) in [7, 11) is -1.50. The maximum absolute atomic E-state index is 14.0. The minimum absolute atomic E-state index is 0.0172. The number of likely N-dealkylation sites (N-methyl/N-ethyl adjacent to an activating group) is 1. The maximum Gasteiger partial charge on any atom is 0.218 e. The van der Waals surface area contributed by atoms with Crippen molar-refractivity contribution in [2.45, 2.75) is 74.5 Å². The number of piperidine rings is 1. The van der Waals surface area contributed by atoms with Gasteiger partial charge in [-0.15, -0.1) is 0 Å². The van der Waals surface area contributed by atoms with Crippen molar-refractivity contribution in [2.75, 3.05) is 20.1 Å². The van der Waals surface area contributed by atoms with Crippen molar-refractivity contribution in [3.63, 3.8) is 0 Å². The quantitative estimate of drug-likeness (QED) is 0.665. The Labute approximate surface area is 208 Å². The molecule has 7 heteroatoms. The van der Waals surface area contributed by atoms with Crippen LogP contribution in [0.15, 0.2) is 48.5 Å². The fraction of sp³-hybridized carbons (Fsp3) is 0.571. The standard InChI is InChI=1S/C28H36N2O4S/c1-19(2)17-30(35(32,33)18-20-8-5-4-6-9-20)22-12-13-28(31)24-16-21-10-7-11-23-25(21)27(28,26(22)34-23)14-15-29(24)3/h4-11,19,22,24,26,31H,12-18H2,1-3H3/t22-,24-,26+,27+,28-/m1/s1. The molecule has 2 aromatic carbocycles. The summed E-state index contributed by atoms with van der Waals surface area (Å²) in [6.45, 7) is 5.45. The van der Waals surface area contributed by atoms with Crippen molar-refractivity contribution in [1.82, 2.24) is 9.21 Å². The van der Waals surface area contributed by atoms with Crippen LogP contribution in [0.2, 0.25) is 0 Å². The second kappa shape index (κ2) is 8.04. The van der Waals surface area contributed by atoms with Crippen LogP contribution >= 0.6 is 0 Å². The van der Waals surface area contributed by atoms with Gasteiger partial charge in [0.25, 0.3) is 0 Å². The molecule has 2 bridgehead atoms. The summed E-state index contributed by atoms with van der Waals surface area (Å²) in [5.41, 5.74) is 1.69. The summed E-state index contributed by atoms with van der Waals surface area (Å²) in [6.07, 6.45) is 2.36. The van der Waals surface area contributed by atoms with Gasteiger partial charge in [0, 0.05) is 18.2 Å². The minimum atomic E-state index is -3.61. The Kier molecular flexibility index (Phi) is 5.39. The monoisotopic (exact) mass is 496 g/mol. The number of likely N-dealkylation sites (tertiary alicyclic amines) is 1. The van der Waals surface area contributed by atoms with Crippen molar-refractivity contribution in [2.24, 2.45) is 5.92 Å². The molecular formula is C28H36N2O4S. The molecule has 35 heavy (non-hydrogen) atoms. The van der Waals surface area contributed by atoms with Crippen LogP contribution in [-0.2, 0) is 27.6 Å². The van der Waals surface area contributed by atoms with Crippen LogP contribution in [0.1, 0.15) is 49.8 Å². The zero-order valence-corrected chi connectivity index (χ0v) is 21.7. The number of nitrogens with zero attached hydrogens (tertiary/aromatic N) is 2. The first-order valence-electron chi connectivity index (χ1n) is 12.9. The SMILES string of the molecule is CC(C)CN([C@@H]1CC[C@@]2(O)[C@H]3Cc4cccc5c4[C@@]2(CCN3C)[C@H]1O5)S(=O)(=O)Cc1ccccc1. The first-order valence-corrected chi connectivity index (χ1v) is 14.5. The maximum atomic E-state index is 14.0. The molecule has 6 rings (SSSR count). The molecule has 0 aromatic heterocycles. The molecule has 2 aromatic rings. The van der Waals surface area contributed by atoms with Crippen LogP contribution < -0.4 is 4.74 Å². The Morgan fingerprint density at radius 1 is 1.14 bits per heavy atom. The third kappa shape index (κ3) is 3.28. The van der Waals surface area contributed by atoms with Crippen molar-refractivity contribution in [3.8, 4) is 5.75 Å². The van der Waals surface area contributed by atoms with E-state index in [2.05, 4.69) is 31.9 Å². The van der Waals surface area contributed by atoms with Gasteiger partial charge in [-0.05, 0) is 62.4 Å². The number of hydrogen-bond acceptors (Lipinski definition) is 5. The molecule has 2 fully saturated rings. The second-order valence-corrected chi connectivity index (χ2v) is 13.4. The molecule has 1 saturated carbocycles. The molecule has 5 atom stereocenters. The minimum Gasteiger partial charge on any atom is -0.487 e. The Hall–Kier alpha value is -1.93. The van der Waals surface area contributed by atoms with Gasteiger partial charge in [-0.1, -0.05) is 56.3 Å². The lowest BCUT2D eigenvalue weighted by molar-refractivity contribution is -0.192. The molecular weight excluding hydrogens is 460 g/mol. The molecule has 2 aliphatic heterocycles. The molecule has 0 unspecified atom stereocenters. The molecule has 0 amide bonds. The molecule has 188 valence electrons. The lowest BCUT2D eigenvalue weighted by atomic mass is 9.48. The van der Waals surface area contributed by atoms with Gasteiger partial charge >= 0.3 is 0 Å². The summed E-state index contributed by atoms with van der Waals surface area (Å²) >= 11 is 0. The highest BCUT2D eigenvalue weighted by atomic mass is 32.2. The van der Waals surface area contributed by atoms with Gasteiger partial charge in [-0.3, -0.25) is 0 Å². The van der Waals surface area contributed by atoms with Crippen molar-refractivity contribution >= 4 is 10.0 Å². The largest absolute Gasteiger partial charge is 0.487 e. The number of hydrogen-bond donors (Lipinski definition) is 1. The number of rotatable bonds is 6. The van der Waals surface area contributed by atoms with E-state index >= 15 is 0 Å². The third-order valence-corrected chi connectivity index (χ3v) is 10.9. The van der Waals surface area contributed by atoms with E-state index in [0.29, 0.717) is 19.4 Å². The Morgan fingerprint density at radius 3 is 2.66 bits per heavy atom. The second-order valence-electron chi connectivity index (χ2n) is 11.5. The highest BCUT2D eigenvalue weighted by Gasteiger charge is 2.73. The Balaban J connectivity index is 1.46. The highest BCUT2D eigenvalue weighted by molar-refractivity contribution is 7.88. The molecule has 2 aliphatic carbocycles. The normalized spacial score (nSPS) is 33.6. The lowest BCUT2D eigenvalue weighted by Gasteiger charge is -2.64. The average Bonchev–Trinajstić information content (AvgIpc) is 3.15. The van der Waals surface area contributed by atoms with E-state index in [1.165, 1.54) is 5.56 Å². The molecule has 2 heterocycles. The zero-order valence-electron chi connectivity index (χ0n) is 20.9. The first-order chi connectivity index (χ1) is 16.7. The molecule has 1 saturated heterocycles. The van der Waals surface area contributed by atoms with Crippen LogP contribution in [-0.4, -0.2) is 66.7 Å². The first kappa shape index (κ1) is 23.5. The van der Waals surface area contributed by atoms with E-state index in [1.54, 1.807) is 4.31 Å². The topological polar surface area (TPSA) is 70.1 Å². The van der Waals surface area contributed by atoms with Crippen LogP contribution in [0.3, 0.4) is 0 Å². The van der Waals surface area contributed by atoms with Crippen LogP contribution in [0, 0.1) is 5.92 Å². The smallest absolute Gasteiger partial charge is 0.218 e. The predicted molar refractivity (Wildman–Crippen MR) is 136 cm³/mol. The summed E-state index contributed by atoms with van der Waals surface area (Å²) < 4.78 is 36.4. The molecule has 1 N–H and O–H groups in total. The van der Waals surface area contributed by atoms with Crippen LogP contribution in [0.5, 0.6) is 5.75 Å². The van der Waals surface area contributed by atoms with E-state index in [-0.39, 0.29) is 23.8 Å². The van der Waals surface area contributed by atoms with E-state index in [4.69, 9.17) is 4.74 Å². The third-order valence-electron chi connectivity index (χ3n) is 9.06. The zero-order chi connectivity index (χ0) is 24.6. The predicted octanol–water partition coefficient (Wildman–Crippen LogP) is 3.33. The lowest BCUT2D eigenvalue weighted by Crippen LogP contribution is -2.78. The summed E-state index contributed by atoms with van der Waals surface area (Å²) in [5, 5.41) is 12.4. The fourth-order valence-corrected chi connectivity index (χ4v) is 9.61. The number of benzene rings is 2. The Bertz CT molecular complexity index is 1230. The van der Waals surface area contributed by atoms with Crippen LogP contribution in [0.4, 0.5) is 0 Å². The van der Waals surface area contributed by atoms with E-state index in [0.717, 1.165) is 36.3 Å². The van der Waals surface area contributed by atoms with Crippen molar-refractivity contribution < 1.29 is 18.3 Å². The van der Waals surface area contributed by atoms with Gasteiger partial charge in [0.2, 0.25) is 10.0 Å². The molecule has 4 aliphatic rings. The number of ether oxygens (including phenoxy) is 1. The van der Waals surface area contributed by atoms with Crippen molar-refractivity contribution in [3.05, 3.63) is 65.2 Å². The van der Waals surface area contributed by atoms with Gasteiger partial charge in [-0.2, -0.15) is 4.31 Å². The van der Waals surface area contributed by atoms with Gasteiger partial charge < -0.3 is 14.7 Å². The van der Waals surface area contributed by atoms with E-state index < -0.39 is 27.1 Å². The summed E-state index contributed by atoms with van der Waals surface area (Å²) in [4.78, 5) is 2.30. The summed E-state index contributed by atoms with van der Waals surface area (Å²) in [6, 6.07) is 15.3. The van der Waals surface area contributed by atoms with Crippen LogP contribution in [0.25, 0.3) is 0 Å². The molecule has 1 spiro atoms. The number of aliphatic hydroxyl groups is 1. The fourth-order valence-electron chi connectivity index (χ4n) is 7.67. The number of sulfonamides is 1. The van der Waals surface area contributed by atoms with Crippen molar-refractivity contribution in [1.29, 1.82) is 0 Å². The highest BCUT2D eigenvalue weighted by Crippen LogP contribution is 2.64. The van der Waals surface area contributed by atoms with Gasteiger partial charge in [-0.25, -0.2) is 8.42 Å². The van der Waals surface area contributed by atoms with E-state index in [1.807, 2.05) is 42.5 Å². The van der Waals surface area contributed by atoms with Gasteiger partial charge in [0.1, 0.15) is 11.9 Å². The molecule has 6 nitrogen and oxygen atoms in total. The van der Waals surface area contributed by atoms with Gasteiger partial charge in [0.05, 0.1) is 22.8 Å². The molecule has 0 radical (unpaired) electrons. The van der Waals surface area contributed by atoms with Gasteiger partial charge in [0.15, 0.2) is 0 Å². The summed E-state index contributed by atoms with van der Waals surface area (Å²) in [5.74, 6) is 0.991. The Morgan fingerprint density at radius 2 is 1.91 bits per heavy atom. The average molecular weight is 497 g/mol. The van der Waals surface area contributed by atoms with E-state index in [9.17, 15) is 13.5 Å².